The number of amides is 2. The van der Waals surface area contributed by atoms with Crippen molar-refractivity contribution in [3.63, 3.8) is 0 Å². The molecule has 6 fully saturated rings. The van der Waals surface area contributed by atoms with Crippen LogP contribution in [0.4, 0.5) is 4.79 Å². The second-order valence-corrected chi connectivity index (χ2v) is 10.2. The first-order valence-corrected chi connectivity index (χ1v) is 11.5. The summed E-state index contributed by atoms with van der Waals surface area (Å²) in [6.45, 7) is 7.14. The maximum atomic E-state index is 12.7. The molecule has 5 heteroatoms. The third-order valence-corrected chi connectivity index (χ3v) is 8.63. The molecule has 5 nitrogen and oxygen atoms in total. The van der Waals surface area contributed by atoms with E-state index in [9.17, 15) is 4.79 Å². The number of carbonyl (C=O) groups excluding carboxylic acids is 1. The normalized spacial score (nSPS) is 42.0. The number of ether oxygens (including phenoxy) is 1. The van der Waals surface area contributed by atoms with Gasteiger partial charge in [-0.05, 0) is 68.1 Å². The van der Waals surface area contributed by atoms with Crippen LogP contribution in [-0.4, -0.2) is 67.3 Å². The van der Waals surface area contributed by atoms with E-state index in [1.165, 1.54) is 38.5 Å². The molecular formula is C22H37N3O2. The Morgan fingerprint density at radius 1 is 1.00 bits per heavy atom. The van der Waals surface area contributed by atoms with E-state index in [-0.39, 0.29) is 6.03 Å². The predicted molar refractivity (Wildman–Crippen MR) is 106 cm³/mol. The van der Waals surface area contributed by atoms with Crippen molar-refractivity contribution in [1.82, 2.24) is 15.1 Å². The monoisotopic (exact) mass is 375 g/mol. The van der Waals surface area contributed by atoms with Crippen molar-refractivity contribution in [2.75, 3.05) is 39.4 Å². The number of morpholine rings is 1. The van der Waals surface area contributed by atoms with E-state index in [1.807, 2.05) is 4.90 Å². The molecule has 2 aliphatic heterocycles. The summed E-state index contributed by atoms with van der Waals surface area (Å²) in [5.74, 6) is 2.86. The molecule has 2 saturated heterocycles. The van der Waals surface area contributed by atoms with Crippen LogP contribution in [0.1, 0.15) is 58.3 Å². The molecule has 152 valence electrons. The molecule has 0 aromatic carbocycles. The molecule has 0 spiro atoms. The minimum atomic E-state index is 0.233. The van der Waals surface area contributed by atoms with Crippen molar-refractivity contribution in [2.45, 2.75) is 70.4 Å². The van der Waals surface area contributed by atoms with Gasteiger partial charge in [0.15, 0.2) is 0 Å². The summed E-state index contributed by atoms with van der Waals surface area (Å²) >= 11 is 0. The van der Waals surface area contributed by atoms with Crippen molar-refractivity contribution >= 4 is 6.03 Å². The Labute approximate surface area is 164 Å². The lowest BCUT2D eigenvalue weighted by molar-refractivity contribution is -0.0817. The Kier molecular flexibility index (Phi) is 4.87. The molecular weight excluding hydrogens is 338 g/mol. The molecule has 4 bridgehead atoms. The lowest BCUT2D eigenvalue weighted by Gasteiger charge is -2.61. The summed E-state index contributed by atoms with van der Waals surface area (Å²) in [5.41, 5.74) is 0.697. The second kappa shape index (κ2) is 7.22. The first kappa shape index (κ1) is 18.2. The number of urea groups is 1. The molecule has 4 saturated carbocycles. The van der Waals surface area contributed by atoms with Gasteiger partial charge < -0.3 is 19.9 Å². The third kappa shape index (κ3) is 3.39. The van der Waals surface area contributed by atoms with Crippen molar-refractivity contribution in [1.29, 1.82) is 0 Å². The van der Waals surface area contributed by atoms with Gasteiger partial charge in [0.2, 0.25) is 0 Å². The van der Waals surface area contributed by atoms with Crippen LogP contribution in [0.15, 0.2) is 0 Å². The molecule has 0 aromatic rings. The standard InChI is InChI=1S/C22H37N3O2/c1-2-22-13-16-11-17(14-22)20(18(12-16)15-22)23-19-3-5-24(6-4-19)21(26)25-7-9-27-10-8-25/h16-20,23H,2-15H2,1H3. The van der Waals surface area contributed by atoms with Crippen molar-refractivity contribution in [2.24, 2.45) is 23.2 Å². The molecule has 4 aliphatic carbocycles. The lowest BCUT2D eigenvalue weighted by atomic mass is 9.47. The van der Waals surface area contributed by atoms with E-state index in [0.717, 1.165) is 62.8 Å². The van der Waals surface area contributed by atoms with E-state index < -0.39 is 0 Å². The summed E-state index contributed by atoms with van der Waals surface area (Å²) in [6.07, 6.45) is 11.1. The van der Waals surface area contributed by atoms with E-state index in [2.05, 4.69) is 17.1 Å². The molecule has 2 amide bonds. The molecule has 6 aliphatic rings. The fourth-order valence-corrected chi connectivity index (χ4v) is 7.36. The minimum Gasteiger partial charge on any atom is -0.378 e. The van der Waals surface area contributed by atoms with Gasteiger partial charge in [-0.3, -0.25) is 0 Å². The molecule has 27 heavy (non-hydrogen) atoms. The number of hydrogen-bond donors (Lipinski definition) is 1. The second-order valence-electron chi connectivity index (χ2n) is 10.2. The lowest BCUT2D eigenvalue weighted by Crippen LogP contribution is -2.61. The number of nitrogens with zero attached hydrogens (tertiary/aromatic N) is 2. The predicted octanol–water partition coefficient (Wildman–Crippen LogP) is 3.10. The molecule has 2 unspecified atom stereocenters. The van der Waals surface area contributed by atoms with Gasteiger partial charge in [0.25, 0.3) is 0 Å². The topological polar surface area (TPSA) is 44.8 Å². The zero-order valence-corrected chi connectivity index (χ0v) is 17.0. The number of nitrogens with one attached hydrogen (secondary N) is 1. The SMILES string of the molecule is CCC12CC3CC(C1)C(NC1CCN(C(=O)N4CCOCC4)CC1)C(C3)C2. The van der Waals surface area contributed by atoms with E-state index >= 15 is 0 Å². The van der Waals surface area contributed by atoms with Crippen LogP contribution in [0.25, 0.3) is 0 Å². The average Bonchev–Trinajstić information content (AvgIpc) is 2.71. The summed E-state index contributed by atoms with van der Waals surface area (Å²) in [5, 5.41) is 4.11. The van der Waals surface area contributed by atoms with Crippen LogP contribution in [0, 0.1) is 23.2 Å². The Balaban J connectivity index is 1.14. The highest BCUT2D eigenvalue weighted by molar-refractivity contribution is 5.74. The van der Waals surface area contributed by atoms with Gasteiger partial charge in [0.1, 0.15) is 0 Å². The van der Waals surface area contributed by atoms with Crippen LogP contribution >= 0.6 is 0 Å². The average molecular weight is 376 g/mol. The minimum absolute atomic E-state index is 0.233. The van der Waals surface area contributed by atoms with Gasteiger partial charge in [0.05, 0.1) is 13.2 Å². The number of likely N-dealkylation sites (tertiary alicyclic amines) is 1. The first-order chi connectivity index (χ1) is 13.2. The molecule has 0 aromatic heterocycles. The molecule has 1 N–H and O–H groups in total. The van der Waals surface area contributed by atoms with Crippen molar-refractivity contribution in [3.05, 3.63) is 0 Å². The highest BCUT2D eigenvalue weighted by Crippen LogP contribution is 2.61. The zero-order chi connectivity index (χ0) is 18.4. The summed E-state index contributed by atoms with van der Waals surface area (Å²) in [6, 6.07) is 1.60. The number of piperidine rings is 1. The maximum Gasteiger partial charge on any atom is 0.320 e. The first-order valence-electron chi connectivity index (χ1n) is 11.5. The smallest absolute Gasteiger partial charge is 0.320 e. The van der Waals surface area contributed by atoms with Crippen LogP contribution in [0.3, 0.4) is 0 Å². The van der Waals surface area contributed by atoms with Gasteiger partial charge in [-0.25, -0.2) is 4.79 Å². The molecule has 2 atom stereocenters. The summed E-state index contributed by atoms with van der Waals surface area (Å²) < 4.78 is 5.38. The molecule has 2 heterocycles. The van der Waals surface area contributed by atoms with Crippen LogP contribution in [-0.2, 0) is 4.74 Å². The van der Waals surface area contributed by atoms with E-state index in [0.29, 0.717) is 24.7 Å². The van der Waals surface area contributed by atoms with Crippen molar-refractivity contribution < 1.29 is 9.53 Å². The van der Waals surface area contributed by atoms with Gasteiger partial charge in [0, 0.05) is 38.3 Å². The van der Waals surface area contributed by atoms with Gasteiger partial charge in [-0.2, -0.15) is 0 Å². The Bertz CT molecular complexity index is 538. The maximum absolute atomic E-state index is 12.7. The quantitative estimate of drug-likeness (QED) is 0.824. The zero-order valence-electron chi connectivity index (χ0n) is 17.0. The number of carbonyl (C=O) groups is 1. The summed E-state index contributed by atoms with van der Waals surface area (Å²) in [7, 11) is 0. The van der Waals surface area contributed by atoms with Crippen LogP contribution in [0.2, 0.25) is 0 Å². The largest absolute Gasteiger partial charge is 0.378 e. The fraction of sp³-hybridized carbons (Fsp3) is 0.955. The number of hydrogen-bond acceptors (Lipinski definition) is 3. The third-order valence-electron chi connectivity index (χ3n) is 8.63. The van der Waals surface area contributed by atoms with Crippen molar-refractivity contribution in [3.8, 4) is 0 Å². The Morgan fingerprint density at radius 3 is 2.26 bits per heavy atom. The highest BCUT2D eigenvalue weighted by atomic mass is 16.5. The highest BCUT2D eigenvalue weighted by Gasteiger charge is 2.54. The fourth-order valence-electron chi connectivity index (χ4n) is 7.36. The number of rotatable bonds is 3. The van der Waals surface area contributed by atoms with E-state index in [1.54, 1.807) is 0 Å². The van der Waals surface area contributed by atoms with Crippen LogP contribution in [0.5, 0.6) is 0 Å². The van der Waals surface area contributed by atoms with Gasteiger partial charge in [-0.1, -0.05) is 13.3 Å². The van der Waals surface area contributed by atoms with Gasteiger partial charge in [-0.15, -0.1) is 0 Å². The molecule has 0 radical (unpaired) electrons. The molecule has 6 rings (SSSR count). The summed E-state index contributed by atoms with van der Waals surface area (Å²) in [4.78, 5) is 16.7. The van der Waals surface area contributed by atoms with E-state index in [4.69, 9.17) is 4.74 Å². The Hall–Kier alpha value is -0.810. The van der Waals surface area contributed by atoms with Gasteiger partial charge >= 0.3 is 6.03 Å². The van der Waals surface area contributed by atoms with Crippen LogP contribution < -0.4 is 5.32 Å². The Morgan fingerprint density at radius 2 is 1.63 bits per heavy atom.